The van der Waals surface area contributed by atoms with Gasteiger partial charge < -0.3 is 4.90 Å². The summed E-state index contributed by atoms with van der Waals surface area (Å²) in [5.74, 6) is -0.523. The van der Waals surface area contributed by atoms with Gasteiger partial charge in [-0.3, -0.25) is 10.2 Å². The van der Waals surface area contributed by atoms with E-state index >= 15 is 0 Å². The van der Waals surface area contributed by atoms with Crippen LogP contribution in [0.4, 0.5) is 8.78 Å². The molecular weight excluding hydrogens is 312 g/mol. The van der Waals surface area contributed by atoms with E-state index in [1.807, 2.05) is 11.8 Å². The molecule has 0 aliphatic carbocycles. The van der Waals surface area contributed by atoms with Crippen LogP contribution in [0.5, 0.6) is 0 Å². The maximum Gasteiger partial charge on any atom is 0.241 e. The SMILES string of the molecule is CC1CC(C(=O)N2CCCC(CCc3c(F)cccc3F)C2)NN1. The number of carbonyl (C=O) groups excluding carboxylic acids is 1. The van der Waals surface area contributed by atoms with E-state index in [4.69, 9.17) is 0 Å². The van der Waals surface area contributed by atoms with Crippen molar-refractivity contribution in [3.8, 4) is 0 Å². The topological polar surface area (TPSA) is 44.4 Å². The lowest BCUT2D eigenvalue weighted by Gasteiger charge is -2.34. The Bertz CT molecular complexity index is 575. The van der Waals surface area contributed by atoms with Gasteiger partial charge in [0.25, 0.3) is 0 Å². The van der Waals surface area contributed by atoms with Crippen LogP contribution in [0.15, 0.2) is 18.2 Å². The van der Waals surface area contributed by atoms with Gasteiger partial charge in [0.2, 0.25) is 5.91 Å². The van der Waals surface area contributed by atoms with Crippen LogP contribution in [0, 0.1) is 17.6 Å². The zero-order chi connectivity index (χ0) is 17.1. The molecule has 0 aromatic heterocycles. The molecule has 0 saturated carbocycles. The molecule has 0 radical (unpaired) electrons. The average Bonchev–Trinajstić information content (AvgIpc) is 3.00. The quantitative estimate of drug-likeness (QED) is 0.887. The van der Waals surface area contributed by atoms with Crippen LogP contribution in [-0.2, 0) is 11.2 Å². The minimum atomic E-state index is -0.478. The van der Waals surface area contributed by atoms with Crippen LogP contribution in [0.25, 0.3) is 0 Å². The highest BCUT2D eigenvalue weighted by molar-refractivity contribution is 5.82. The van der Waals surface area contributed by atoms with Crippen molar-refractivity contribution in [2.45, 2.75) is 51.1 Å². The Morgan fingerprint density at radius 1 is 1.29 bits per heavy atom. The van der Waals surface area contributed by atoms with E-state index in [1.54, 1.807) is 0 Å². The Kier molecular flexibility index (Phi) is 5.46. The van der Waals surface area contributed by atoms with Crippen LogP contribution >= 0.6 is 0 Å². The molecule has 1 amide bonds. The maximum absolute atomic E-state index is 13.7. The smallest absolute Gasteiger partial charge is 0.241 e. The number of hydrogen-bond acceptors (Lipinski definition) is 3. The zero-order valence-electron chi connectivity index (χ0n) is 14.0. The first kappa shape index (κ1) is 17.3. The molecule has 2 aliphatic heterocycles. The van der Waals surface area contributed by atoms with Crippen LogP contribution in [0.2, 0.25) is 0 Å². The van der Waals surface area contributed by atoms with E-state index < -0.39 is 11.6 Å². The van der Waals surface area contributed by atoms with Gasteiger partial charge in [-0.15, -0.1) is 0 Å². The van der Waals surface area contributed by atoms with Gasteiger partial charge in [-0.05, 0) is 57.1 Å². The summed E-state index contributed by atoms with van der Waals surface area (Å²) in [4.78, 5) is 14.5. The van der Waals surface area contributed by atoms with Crippen LogP contribution in [0.3, 0.4) is 0 Å². The number of hydrazine groups is 1. The van der Waals surface area contributed by atoms with Crippen molar-refractivity contribution >= 4 is 5.91 Å². The third-order valence-corrected chi connectivity index (χ3v) is 5.09. The van der Waals surface area contributed by atoms with E-state index in [9.17, 15) is 13.6 Å². The van der Waals surface area contributed by atoms with Gasteiger partial charge in [-0.25, -0.2) is 14.2 Å². The van der Waals surface area contributed by atoms with Crippen molar-refractivity contribution in [1.29, 1.82) is 0 Å². The molecule has 0 bridgehead atoms. The molecule has 1 aromatic carbocycles. The maximum atomic E-state index is 13.7. The number of benzene rings is 1. The number of piperidine rings is 1. The monoisotopic (exact) mass is 337 g/mol. The second-order valence-electron chi connectivity index (χ2n) is 7.01. The number of halogens is 2. The summed E-state index contributed by atoms with van der Waals surface area (Å²) in [7, 11) is 0. The Morgan fingerprint density at radius 3 is 2.71 bits per heavy atom. The summed E-state index contributed by atoms with van der Waals surface area (Å²) in [5.41, 5.74) is 6.29. The molecular formula is C18H25F2N3O. The molecule has 2 aliphatic rings. The highest BCUT2D eigenvalue weighted by Gasteiger charge is 2.32. The lowest BCUT2D eigenvalue weighted by molar-refractivity contribution is -0.135. The Morgan fingerprint density at radius 2 is 2.04 bits per heavy atom. The van der Waals surface area contributed by atoms with E-state index in [2.05, 4.69) is 10.9 Å². The second-order valence-corrected chi connectivity index (χ2v) is 7.01. The summed E-state index contributed by atoms with van der Waals surface area (Å²) in [6.07, 6.45) is 3.83. The number of hydrogen-bond donors (Lipinski definition) is 2. The first-order chi connectivity index (χ1) is 11.5. The molecule has 6 heteroatoms. The summed E-state index contributed by atoms with van der Waals surface area (Å²) in [6, 6.07) is 4.12. The van der Waals surface area contributed by atoms with Crippen LogP contribution in [-0.4, -0.2) is 36.0 Å². The molecule has 24 heavy (non-hydrogen) atoms. The zero-order valence-corrected chi connectivity index (χ0v) is 14.0. The largest absolute Gasteiger partial charge is 0.341 e. The average molecular weight is 337 g/mol. The molecule has 0 spiro atoms. The molecule has 132 valence electrons. The highest BCUT2D eigenvalue weighted by Crippen LogP contribution is 2.24. The van der Waals surface area contributed by atoms with Gasteiger partial charge in [0.05, 0.1) is 0 Å². The third kappa shape index (κ3) is 3.92. The normalized spacial score (nSPS) is 27.5. The molecule has 1 aromatic rings. The third-order valence-electron chi connectivity index (χ3n) is 5.09. The molecule has 3 rings (SSSR count). The molecule has 3 unspecified atom stereocenters. The lowest BCUT2D eigenvalue weighted by atomic mass is 9.91. The van der Waals surface area contributed by atoms with Crippen molar-refractivity contribution in [3.63, 3.8) is 0 Å². The Hall–Kier alpha value is -1.53. The van der Waals surface area contributed by atoms with Crippen molar-refractivity contribution in [2.24, 2.45) is 5.92 Å². The van der Waals surface area contributed by atoms with Crippen molar-refractivity contribution in [1.82, 2.24) is 15.8 Å². The summed E-state index contributed by atoms with van der Waals surface area (Å²) < 4.78 is 27.5. The highest BCUT2D eigenvalue weighted by atomic mass is 19.1. The molecule has 2 saturated heterocycles. The minimum absolute atomic E-state index is 0.133. The van der Waals surface area contributed by atoms with Crippen molar-refractivity contribution in [3.05, 3.63) is 35.4 Å². The molecule has 2 N–H and O–H groups in total. The van der Waals surface area contributed by atoms with E-state index in [0.717, 1.165) is 25.8 Å². The van der Waals surface area contributed by atoms with Crippen LogP contribution in [0.1, 0.15) is 38.2 Å². The van der Waals surface area contributed by atoms with Gasteiger partial charge in [0, 0.05) is 24.7 Å². The number of likely N-dealkylation sites (tertiary alicyclic amines) is 1. The number of amides is 1. The van der Waals surface area contributed by atoms with Crippen molar-refractivity contribution in [2.75, 3.05) is 13.1 Å². The second kappa shape index (κ2) is 7.57. The number of nitrogens with one attached hydrogen (secondary N) is 2. The van der Waals surface area contributed by atoms with Gasteiger partial charge in [0.1, 0.15) is 17.7 Å². The predicted molar refractivity (Wildman–Crippen MR) is 88.1 cm³/mol. The Balaban J connectivity index is 1.55. The summed E-state index contributed by atoms with van der Waals surface area (Å²) >= 11 is 0. The van der Waals surface area contributed by atoms with Gasteiger partial charge >= 0.3 is 0 Å². The first-order valence-corrected chi connectivity index (χ1v) is 8.77. The molecule has 4 nitrogen and oxygen atoms in total. The fourth-order valence-corrected chi connectivity index (χ4v) is 3.72. The first-order valence-electron chi connectivity index (χ1n) is 8.77. The minimum Gasteiger partial charge on any atom is -0.341 e. The molecule has 2 heterocycles. The summed E-state index contributed by atoms with van der Waals surface area (Å²) in [6.45, 7) is 3.50. The van der Waals surface area contributed by atoms with E-state index in [-0.39, 0.29) is 17.5 Å². The van der Waals surface area contributed by atoms with Crippen molar-refractivity contribution < 1.29 is 13.6 Å². The number of carbonyl (C=O) groups is 1. The van der Waals surface area contributed by atoms with Gasteiger partial charge in [-0.2, -0.15) is 0 Å². The fraction of sp³-hybridized carbons (Fsp3) is 0.611. The summed E-state index contributed by atoms with van der Waals surface area (Å²) in [5, 5.41) is 0. The van der Waals surface area contributed by atoms with Crippen LogP contribution < -0.4 is 10.9 Å². The van der Waals surface area contributed by atoms with E-state index in [1.165, 1.54) is 18.2 Å². The predicted octanol–water partition coefficient (Wildman–Crippen LogP) is 2.39. The van der Waals surface area contributed by atoms with Gasteiger partial charge in [0.15, 0.2) is 0 Å². The Labute approximate surface area is 141 Å². The number of nitrogens with zero attached hydrogens (tertiary/aromatic N) is 1. The van der Waals surface area contributed by atoms with E-state index in [0.29, 0.717) is 31.3 Å². The standard InChI is InChI=1S/C18H25F2N3O/c1-12-10-17(22-21-12)18(24)23-9-3-4-13(11-23)7-8-14-15(19)5-2-6-16(14)20/h2,5-6,12-13,17,21-22H,3-4,7-11H2,1H3. The fourth-order valence-electron chi connectivity index (χ4n) is 3.72. The number of rotatable bonds is 4. The van der Waals surface area contributed by atoms with Gasteiger partial charge in [-0.1, -0.05) is 6.07 Å². The molecule has 2 fully saturated rings. The molecule has 3 atom stereocenters. The lowest BCUT2D eigenvalue weighted by Crippen LogP contribution is -2.49.